The van der Waals surface area contributed by atoms with Crippen LogP contribution < -0.4 is 10.0 Å². The Kier molecular flexibility index (Phi) is 4.33. The van der Waals surface area contributed by atoms with Crippen LogP contribution in [0.25, 0.3) is 0 Å². The van der Waals surface area contributed by atoms with Crippen molar-refractivity contribution >= 4 is 21.6 Å². The van der Waals surface area contributed by atoms with Crippen LogP contribution in [0.4, 0.5) is 14.5 Å². The lowest BCUT2D eigenvalue weighted by Crippen LogP contribution is -2.26. The molecule has 0 spiro atoms. The molecule has 24 heavy (non-hydrogen) atoms. The first kappa shape index (κ1) is 16.5. The van der Waals surface area contributed by atoms with Crippen molar-refractivity contribution in [1.29, 1.82) is 0 Å². The van der Waals surface area contributed by atoms with Gasteiger partial charge in [-0.05, 0) is 43.2 Å². The van der Waals surface area contributed by atoms with Crippen LogP contribution in [0.5, 0.6) is 0 Å². The maximum absolute atomic E-state index is 13.6. The number of rotatable bonds is 5. The van der Waals surface area contributed by atoms with Gasteiger partial charge >= 0.3 is 0 Å². The Labute approximate surface area is 137 Å². The summed E-state index contributed by atoms with van der Waals surface area (Å²) < 4.78 is 54.0. The molecule has 0 radical (unpaired) electrons. The molecule has 0 unspecified atom stereocenters. The highest BCUT2D eigenvalue weighted by molar-refractivity contribution is 7.89. The van der Waals surface area contributed by atoms with E-state index < -0.39 is 33.3 Å². The molecule has 8 heteroatoms. The van der Waals surface area contributed by atoms with Gasteiger partial charge in [0.2, 0.25) is 10.0 Å². The summed E-state index contributed by atoms with van der Waals surface area (Å²) in [5, 5.41) is 2.12. The first-order valence-corrected chi connectivity index (χ1v) is 8.73. The average molecular weight is 352 g/mol. The second-order valence-electron chi connectivity index (χ2n) is 5.47. The van der Waals surface area contributed by atoms with E-state index in [0.717, 1.165) is 25.0 Å². The monoisotopic (exact) mass is 352 g/mol. The molecule has 1 aliphatic carbocycles. The van der Waals surface area contributed by atoms with Crippen molar-refractivity contribution in [3.05, 3.63) is 59.7 Å². The molecule has 2 N–H and O–H groups in total. The van der Waals surface area contributed by atoms with E-state index in [1.807, 2.05) is 0 Å². The van der Waals surface area contributed by atoms with Crippen molar-refractivity contribution in [2.45, 2.75) is 23.8 Å². The average Bonchev–Trinajstić information content (AvgIpc) is 3.34. The van der Waals surface area contributed by atoms with Crippen LogP contribution in [0, 0.1) is 11.6 Å². The quantitative estimate of drug-likeness (QED) is 0.869. The van der Waals surface area contributed by atoms with Gasteiger partial charge in [-0.2, -0.15) is 0 Å². The van der Waals surface area contributed by atoms with Gasteiger partial charge in [0.25, 0.3) is 5.91 Å². The van der Waals surface area contributed by atoms with Gasteiger partial charge in [0.05, 0.1) is 4.90 Å². The lowest BCUT2D eigenvalue weighted by Gasteiger charge is -2.09. The third kappa shape index (κ3) is 3.60. The molecule has 0 aromatic heterocycles. The van der Waals surface area contributed by atoms with Gasteiger partial charge in [-0.3, -0.25) is 4.79 Å². The van der Waals surface area contributed by atoms with Crippen molar-refractivity contribution in [3.8, 4) is 0 Å². The van der Waals surface area contributed by atoms with E-state index in [1.54, 1.807) is 0 Å². The van der Waals surface area contributed by atoms with E-state index in [4.69, 9.17) is 0 Å². The normalized spacial score (nSPS) is 14.4. The largest absolute Gasteiger partial charge is 0.317 e. The first-order valence-electron chi connectivity index (χ1n) is 7.24. The Morgan fingerprint density at radius 2 is 1.67 bits per heavy atom. The summed E-state index contributed by atoms with van der Waals surface area (Å²) >= 11 is 0. The molecular formula is C16H14F2N2O3S. The second kappa shape index (κ2) is 6.29. The Morgan fingerprint density at radius 1 is 1.04 bits per heavy atom. The van der Waals surface area contributed by atoms with Crippen LogP contribution in [0.1, 0.15) is 23.2 Å². The number of para-hydroxylation sites is 1. The maximum Gasteiger partial charge on any atom is 0.255 e. The minimum Gasteiger partial charge on any atom is -0.317 e. The molecule has 0 heterocycles. The molecule has 0 saturated heterocycles. The van der Waals surface area contributed by atoms with Crippen LogP contribution in [0.2, 0.25) is 0 Å². The third-order valence-corrected chi connectivity index (χ3v) is 5.03. The van der Waals surface area contributed by atoms with E-state index in [1.165, 1.54) is 30.3 Å². The highest BCUT2D eigenvalue weighted by Crippen LogP contribution is 2.23. The number of hydrogen-bond donors (Lipinski definition) is 2. The summed E-state index contributed by atoms with van der Waals surface area (Å²) in [5.41, 5.74) is -0.594. The Hall–Kier alpha value is -2.32. The molecule has 1 fully saturated rings. The number of benzene rings is 2. The number of sulfonamides is 1. The van der Waals surface area contributed by atoms with E-state index in [2.05, 4.69) is 10.0 Å². The zero-order valence-electron chi connectivity index (χ0n) is 12.4. The zero-order valence-corrected chi connectivity index (χ0v) is 13.2. The first-order chi connectivity index (χ1) is 11.4. The molecule has 2 aromatic rings. The number of hydrogen-bond acceptors (Lipinski definition) is 3. The fourth-order valence-electron chi connectivity index (χ4n) is 2.10. The van der Waals surface area contributed by atoms with Gasteiger partial charge < -0.3 is 5.32 Å². The minimum atomic E-state index is -3.72. The van der Waals surface area contributed by atoms with Crippen molar-refractivity contribution < 1.29 is 22.0 Å². The summed E-state index contributed by atoms with van der Waals surface area (Å²) in [7, 11) is -3.72. The number of nitrogens with one attached hydrogen (secondary N) is 2. The van der Waals surface area contributed by atoms with E-state index in [9.17, 15) is 22.0 Å². The van der Waals surface area contributed by atoms with Gasteiger partial charge in [0.1, 0.15) is 17.3 Å². The van der Waals surface area contributed by atoms with Gasteiger partial charge in [0.15, 0.2) is 0 Å². The number of carbonyl (C=O) groups is 1. The van der Waals surface area contributed by atoms with Crippen LogP contribution in [0.15, 0.2) is 47.4 Å². The van der Waals surface area contributed by atoms with Crippen LogP contribution in [0.3, 0.4) is 0 Å². The topological polar surface area (TPSA) is 75.3 Å². The lowest BCUT2D eigenvalue weighted by atomic mass is 10.2. The van der Waals surface area contributed by atoms with Gasteiger partial charge in [-0.15, -0.1) is 0 Å². The second-order valence-corrected chi connectivity index (χ2v) is 7.19. The number of halogens is 2. The molecule has 5 nitrogen and oxygen atoms in total. The maximum atomic E-state index is 13.6. The predicted octanol–water partition coefficient (Wildman–Crippen LogP) is 2.66. The van der Waals surface area contributed by atoms with E-state index in [-0.39, 0.29) is 16.5 Å². The highest BCUT2D eigenvalue weighted by atomic mass is 32.2. The molecule has 0 aliphatic heterocycles. The summed E-state index contributed by atoms with van der Waals surface area (Å²) in [6, 6.07) is 8.41. The number of carbonyl (C=O) groups excluding carboxylic acids is 1. The summed E-state index contributed by atoms with van der Waals surface area (Å²) in [6.45, 7) is 0. The van der Waals surface area contributed by atoms with Crippen molar-refractivity contribution in [3.63, 3.8) is 0 Å². The summed E-state index contributed by atoms with van der Waals surface area (Å²) in [6.07, 6.45) is 1.57. The van der Waals surface area contributed by atoms with Gasteiger partial charge in [-0.25, -0.2) is 21.9 Å². The predicted molar refractivity (Wildman–Crippen MR) is 84.1 cm³/mol. The third-order valence-electron chi connectivity index (χ3n) is 3.51. The van der Waals surface area contributed by atoms with Crippen molar-refractivity contribution in [2.75, 3.05) is 5.32 Å². The van der Waals surface area contributed by atoms with Gasteiger partial charge in [0, 0.05) is 11.6 Å². The Balaban J connectivity index is 1.84. The summed E-state index contributed by atoms with van der Waals surface area (Å²) in [4.78, 5) is 12.1. The van der Waals surface area contributed by atoms with Crippen molar-refractivity contribution in [2.24, 2.45) is 0 Å². The highest BCUT2D eigenvalue weighted by Gasteiger charge is 2.28. The fourth-order valence-corrected chi connectivity index (χ4v) is 3.45. The van der Waals surface area contributed by atoms with E-state index >= 15 is 0 Å². The number of amides is 1. The molecule has 126 valence electrons. The van der Waals surface area contributed by atoms with Crippen LogP contribution in [-0.2, 0) is 10.0 Å². The Bertz CT molecular complexity index is 876. The van der Waals surface area contributed by atoms with Crippen molar-refractivity contribution in [1.82, 2.24) is 4.72 Å². The SMILES string of the molecule is O=C(Nc1c(F)cccc1F)c1cccc(S(=O)(=O)NC2CC2)c1. The molecule has 0 atom stereocenters. The molecule has 1 amide bonds. The Morgan fingerprint density at radius 3 is 2.29 bits per heavy atom. The van der Waals surface area contributed by atoms with Crippen LogP contribution in [-0.4, -0.2) is 20.4 Å². The molecule has 1 aliphatic rings. The van der Waals surface area contributed by atoms with E-state index in [0.29, 0.717) is 0 Å². The number of anilines is 1. The minimum absolute atomic E-state index is 0.0173. The lowest BCUT2D eigenvalue weighted by molar-refractivity contribution is 0.102. The summed E-state index contributed by atoms with van der Waals surface area (Å²) in [5.74, 6) is -2.63. The fraction of sp³-hybridized carbons (Fsp3) is 0.188. The smallest absolute Gasteiger partial charge is 0.255 e. The molecule has 1 saturated carbocycles. The molecule has 2 aromatic carbocycles. The zero-order chi connectivity index (χ0) is 17.3. The van der Waals surface area contributed by atoms with Crippen LogP contribution >= 0.6 is 0 Å². The molecule has 0 bridgehead atoms. The van der Waals surface area contributed by atoms with Gasteiger partial charge in [-0.1, -0.05) is 12.1 Å². The molecule has 3 rings (SSSR count). The molecular weight excluding hydrogens is 338 g/mol. The standard InChI is InChI=1S/C16H14F2N2O3S/c17-13-5-2-6-14(18)15(13)19-16(21)10-3-1-4-12(9-10)24(22,23)20-11-7-8-11/h1-6,9,11,20H,7-8H2,(H,19,21).